The van der Waals surface area contributed by atoms with Crippen LogP contribution >= 0.6 is 0 Å². The Labute approximate surface area is 153 Å². The summed E-state index contributed by atoms with van der Waals surface area (Å²) < 4.78 is 0. The number of fused-ring (bicyclic) bond motifs is 1. The molecule has 26 heavy (non-hydrogen) atoms. The van der Waals surface area contributed by atoms with Crippen LogP contribution in [-0.2, 0) is 4.79 Å². The number of carbonyl (C=O) groups excluding carboxylic acids is 2. The van der Waals surface area contributed by atoms with Gasteiger partial charge < -0.3 is 5.32 Å². The zero-order valence-corrected chi connectivity index (χ0v) is 15.5. The molecule has 0 aliphatic heterocycles. The Morgan fingerprint density at radius 2 is 1.65 bits per heavy atom. The summed E-state index contributed by atoms with van der Waals surface area (Å²) in [5.74, 6) is -0.00803. The molecule has 2 aromatic carbocycles. The fourth-order valence-electron chi connectivity index (χ4n) is 2.72. The molecule has 0 aliphatic rings. The molecule has 1 aromatic heterocycles. The number of benzene rings is 2. The Morgan fingerprint density at radius 3 is 2.27 bits per heavy atom. The minimum absolute atomic E-state index is 0.0447. The molecule has 0 spiro atoms. The number of pyridine rings is 1. The van der Waals surface area contributed by atoms with Gasteiger partial charge in [0.25, 0.3) is 0 Å². The molecular formula is C22H22N2O2. The quantitative estimate of drug-likeness (QED) is 0.672. The van der Waals surface area contributed by atoms with Crippen molar-refractivity contribution in [3.05, 3.63) is 60.3 Å². The summed E-state index contributed by atoms with van der Waals surface area (Å²) in [5.41, 5.74) is 3.66. The lowest BCUT2D eigenvalue weighted by Crippen LogP contribution is -2.27. The van der Waals surface area contributed by atoms with Crippen LogP contribution in [0.15, 0.2) is 54.7 Å². The molecule has 0 saturated carbocycles. The number of Topliss-reactive ketones (excluding diaryl/α,β-unsaturated/α-hetero) is 1. The Morgan fingerprint density at radius 1 is 0.962 bits per heavy atom. The highest BCUT2D eigenvalue weighted by Gasteiger charge is 2.22. The van der Waals surface area contributed by atoms with E-state index in [1.807, 2.05) is 69.3 Å². The highest BCUT2D eigenvalue weighted by atomic mass is 16.2. The second kappa shape index (κ2) is 6.71. The normalized spacial score (nSPS) is 11.4. The van der Waals surface area contributed by atoms with Crippen LogP contribution in [0.1, 0.15) is 38.1 Å². The lowest BCUT2D eigenvalue weighted by Gasteiger charge is -2.19. The van der Waals surface area contributed by atoms with Gasteiger partial charge in [-0.1, -0.05) is 57.2 Å². The second-order valence-corrected chi connectivity index (χ2v) is 7.40. The van der Waals surface area contributed by atoms with Crippen LogP contribution in [0.5, 0.6) is 0 Å². The molecule has 1 amide bonds. The molecule has 1 N–H and O–H groups in total. The molecule has 3 rings (SSSR count). The van der Waals surface area contributed by atoms with E-state index in [1.54, 1.807) is 13.1 Å². The van der Waals surface area contributed by atoms with Gasteiger partial charge in [-0.2, -0.15) is 0 Å². The molecule has 0 bridgehead atoms. The van der Waals surface area contributed by atoms with E-state index in [4.69, 9.17) is 0 Å². The summed E-state index contributed by atoms with van der Waals surface area (Å²) in [4.78, 5) is 28.3. The molecule has 0 aliphatic carbocycles. The van der Waals surface area contributed by atoms with Gasteiger partial charge in [0.2, 0.25) is 5.91 Å². The molecule has 1 heterocycles. The molecule has 0 saturated heterocycles. The van der Waals surface area contributed by atoms with Crippen molar-refractivity contribution >= 4 is 28.3 Å². The third-order valence-electron chi connectivity index (χ3n) is 4.30. The van der Waals surface area contributed by atoms with E-state index in [-0.39, 0.29) is 11.7 Å². The molecular weight excluding hydrogens is 324 g/mol. The van der Waals surface area contributed by atoms with Crippen molar-refractivity contribution in [2.45, 2.75) is 27.7 Å². The zero-order valence-electron chi connectivity index (χ0n) is 15.5. The fourth-order valence-corrected chi connectivity index (χ4v) is 2.72. The van der Waals surface area contributed by atoms with Gasteiger partial charge in [0.05, 0.1) is 11.2 Å². The van der Waals surface area contributed by atoms with Gasteiger partial charge in [0, 0.05) is 22.6 Å². The molecule has 0 fully saturated rings. The maximum Gasteiger partial charge on any atom is 0.229 e. The van der Waals surface area contributed by atoms with Crippen molar-refractivity contribution in [2.24, 2.45) is 5.41 Å². The molecule has 0 atom stereocenters. The van der Waals surface area contributed by atoms with Gasteiger partial charge in [0.1, 0.15) is 0 Å². The monoisotopic (exact) mass is 346 g/mol. The number of amides is 1. The first-order valence-electron chi connectivity index (χ1n) is 8.58. The molecule has 132 valence electrons. The van der Waals surface area contributed by atoms with Crippen molar-refractivity contribution in [2.75, 3.05) is 5.32 Å². The first-order chi connectivity index (χ1) is 12.3. The first kappa shape index (κ1) is 17.8. The summed E-state index contributed by atoms with van der Waals surface area (Å²) in [6.07, 6.45) is 1.72. The summed E-state index contributed by atoms with van der Waals surface area (Å²) >= 11 is 0. The molecule has 4 heteroatoms. The predicted octanol–water partition coefficient (Wildman–Crippen LogP) is 5.09. The van der Waals surface area contributed by atoms with Crippen molar-refractivity contribution in [3.63, 3.8) is 0 Å². The van der Waals surface area contributed by atoms with Crippen LogP contribution in [0.25, 0.3) is 22.0 Å². The van der Waals surface area contributed by atoms with Crippen molar-refractivity contribution in [3.8, 4) is 11.1 Å². The number of rotatable bonds is 3. The molecule has 3 aromatic rings. The third kappa shape index (κ3) is 3.49. The topological polar surface area (TPSA) is 59.1 Å². The highest BCUT2D eigenvalue weighted by molar-refractivity contribution is 6.06. The maximum atomic E-state index is 12.4. The average molecular weight is 346 g/mol. The van der Waals surface area contributed by atoms with Crippen LogP contribution in [0.3, 0.4) is 0 Å². The summed E-state index contributed by atoms with van der Waals surface area (Å²) in [6, 6.07) is 15.3. The number of aromatic nitrogens is 1. The fraction of sp³-hybridized carbons (Fsp3) is 0.227. The number of anilines is 1. The number of nitrogens with zero attached hydrogens (tertiary/aromatic N) is 1. The predicted molar refractivity (Wildman–Crippen MR) is 105 cm³/mol. The molecule has 4 nitrogen and oxygen atoms in total. The highest BCUT2D eigenvalue weighted by Crippen LogP contribution is 2.33. The summed E-state index contributed by atoms with van der Waals surface area (Å²) in [6.45, 7) is 7.19. The zero-order chi connectivity index (χ0) is 18.9. The Kier molecular flexibility index (Phi) is 4.60. The van der Waals surface area contributed by atoms with Crippen molar-refractivity contribution in [1.82, 2.24) is 4.98 Å². The van der Waals surface area contributed by atoms with Crippen LogP contribution in [0.4, 0.5) is 5.69 Å². The van der Waals surface area contributed by atoms with Crippen LogP contribution in [0.2, 0.25) is 0 Å². The minimum atomic E-state index is -0.484. The van der Waals surface area contributed by atoms with Gasteiger partial charge in [-0.05, 0) is 30.2 Å². The van der Waals surface area contributed by atoms with E-state index < -0.39 is 5.41 Å². The lowest BCUT2D eigenvalue weighted by atomic mass is 9.95. The third-order valence-corrected chi connectivity index (χ3v) is 4.30. The standard InChI is InChI=1S/C22H22N2O2/c1-14(25)15-7-9-16(10-8-15)17-11-12-19(24-21(26)22(2,3)4)20-18(17)6-5-13-23-20/h5-13H,1-4H3,(H,24,26). The van der Waals surface area contributed by atoms with Crippen LogP contribution < -0.4 is 5.32 Å². The Hall–Kier alpha value is -3.01. The molecule has 0 unspecified atom stereocenters. The van der Waals surface area contributed by atoms with Crippen molar-refractivity contribution < 1.29 is 9.59 Å². The van der Waals surface area contributed by atoms with E-state index in [9.17, 15) is 9.59 Å². The van der Waals surface area contributed by atoms with E-state index in [0.717, 1.165) is 22.0 Å². The number of carbonyl (C=O) groups is 2. The van der Waals surface area contributed by atoms with Gasteiger partial charge in [0.15, 0.2) is 5.78 Å². The molecule has 0 radical (unpaired) electrons. The Bertz CT molecular complexity index is 983. The smallest absolute Gasteiger partial charge is 0.229 e. The average Bonchev–Trinajstić information content (AvgIpc) is 2.61. The lowest BCUT2D eigenvalue weighted by molar-refractivity contribution is -0.123. The number of hydrogen-bond acceptors (Lipinski definition) is 3. The van der Waals surface area contributed by atoms with Gasteiger partial charge in [-0.3, -0.25) is 14.6 Å². The van der Waals surface area contributed by atoms with Crippen LogP contribution in [0, 0.1) is 5.41 Å². The van der Waals surface area contributed by atoms with E-state index >= 15 is 0 Å². The number of ketones is 1. The van der Waals surface area contributed by atoms with E-state index in [0.29, 0.717) is 11.3 Å². The maximum absolute atomic E-state index is 12.4. The number of hydrogen-bond donors (Lipinski definition) is 1. The summed E-state index contributed by atoms with van der Waals surface area (Å²) in [5, 5.41) is 3.94. The van der Waals surface area contributed by atoms with Gasteiger partial charge >= 0.3 is 0 Å². The SMILES string of the molecule is CC(=O)c1ccc(-c2ccc(NC(=O)C(C)(C)C)c3ncccc23)cc1. The second-order valence-electron chi connectivity index (χ2n) is 7.40. The van der Waals surface area contributed by atoms with Crippen molar-refractivity contribution in [1.29, 1.82) is 0 Å². The van der Waals surface area contributed by atoms with Gasteiger partial charge in [-0.15, -0.1) is 0 Å². The van der Waals surface area contributed by atoms with Gasteiger partial charge in [-0.25, -0.2) is 0 Å². The minimum Gasteiger partial charge on any atom is -0.324 e. The van der Waals surface area contributed by atoms with Crippen LogP contribution in [-0.4, -0.2) is 16.7 Å². The van der Waals surface area contributed by atoms with E-state index in [2.05, 4.69) is 10.3 Å². The van der Waals surface area contributed by atoms with E-state index in [1.165, 1.54) is 0 Å². The largest absolute Gasteiger partial charge is 0.324 e. The number of nitrogens with one attached hydrogen (secondary N) is 1. The Balaban J connectivity index is 2.08. The summed E-state index contributed by atoms with van der Waals surface area (Å²) in [7, 11) is 0. The first-order valence-corrected chi connectivity index (χ1v) is 8.58.